The molecule has 0 saturated heterocycles. The Kier molecular flexibility index (Phi) is 4.13. The molecule has 1 aliphatic rings. The molecule has 0 aromatic heterocycles. The smallest absolute Gasteiger partial charge is 0.166 e. The average molecular weight is 289 g/mol. The van der Waals surface area contributed by atoms with Crippen molar-refractivity contribution in [3.63, 3.8) is 0 Å². The first-order chi connectivity index (χ1) is 8.06. The Bertz CT molecular complexity index is 433. The Morgan fingerprint density at radius 2 is 2.12 bits per heavy atom. The molecular formula is C12H14Cl2N2S. The van der Waals surface area contributed by atoms with Crippen LogP contribution in [0.1, 0.15) is 31.4 Å². The van der Waals surface area contributed by atoms with Crippen LogP contribution in [0.15, 0.2) is 18.2 Å². The number of nitrogens with one attached hydrogen (secondary N) is 2. The molecule has 1 aliphatic carbocycles. The zero-order valence-corrected chi connectivity index (χ0v) is 11.8. The predicted molar refractivity (Wildman–Crippen MR) is 76.8 cm³/mol. The number of thiocarbonyl (C=S) groups is 1. The number of hydrogen-bond acceptors (Lipinski definition) is 1. The lowest BCUT2D eigenvalue weighted by Crippen LogP contribution is -2.38. The van der Waals surface area contributed by atoms with Crippen LogP contribution >= 0.6 is 35.4 Å². The van der Waals surface area contributed by atoms with Gasteiger partial charge in [0.2, 0.25) is 0 Å². The van der Waals surface area contributed by atoms with Crippen LogP contribution in [0.2, 0.25) is 10.0 Å². The Balaban J connectivity index is 1.97. The lowest BCUT2D eigenvalue weighted by Gasteiger charge is -2.18. The minimum Gasteiger partial charge on any atom is -0.360 e. The highest BCUT2D eigenvalue weighted by Crippen LogP contribution is 2.26. The maximum Gasteiger partial charge on any atom is 0.166 e. The van der Waals surface area contributed by atoms with Crippen molar-refractivity contribution in [2.75, 3.05) is 0 Å². The maximum atomic E-state index is 6.14. The molecule has 0 radical (unpaired) electrons. The number of rotatable bonds is 3. The largest absolute Gasteiger partial charge is 0.360 e. The third kappa shape index (κ3) is 3.73. The molecule has 5 heteroatoms. The molecule has 2 N–H and O–H groups in total. The topological polar surface area (TPSA) is 24.1 Å². The van der Waals surface area contributed by atoms with E-state index in [1.54, 1.807) is 6.07 Å². The van der Waals surface area contributed by atoms with Gasteiger partial charge in [-0.25, -0.2) is 0 Å². The second kappa shape index (κ2) is 5.42. The van der Waals surface area contributed by atoms with Crippen molar-refractivity contribution in [2.24, 2.45) is 0 Å². The zero-order chi connectivity index (χ0) is 12.4. The number of hydrogen-bond donors (Lipinski definition) is 2. The van der Waals surface area contributed by atoms with Gasteiger partial charge in [0.1, 0.15) is 0 Å². The molecule has 0 amide bonds. The summed E-state index contributed by atoms with van der Waals surface area (Å²) >= 11 is 17.2. The predicted octanol–water partition coefficient (Wildman–Crippen LogP) is 3.68. The fourth-order valence-corrected chi connectivity index (χ4v) is 2.50. The number of halogens is 2. The van der Waals surface area contributed by atoms with Gasteiger partial charge < -0.3 is 10.6 Å². The van der Waals surface area contributed by atoms with E-state index in [1.165, 1.54) is 12.8 Å². The standard InChI is InChI=1S/C12H14Cl2N2S/c1-7(15-12(17)16-9-3-4-9)10-5-2-8(13)6-11(10)14/h2,5-7,9H,3-4H2,1H3,(H2,15,16,17). The van der Waals surface area contributed by atoms with E-state index >= 15 is 0 Å². The van der Waals surface area contributed by atoms with Crippen LogP contribution in [-0.4, -0.2) is 11.2 Å². The highest BCUT2D eigenvalue weighted by Gasteiger charge is 2.22. The Labute approximate surface area is 117 Å². The van der Waals surface area contributed by atoms with Crippen molar-refractivity contribution in [3.05, 3.63) is 33.8 Å². The Hall–Kier alpha value is -0.510. The molecule has 0 spiro atoms. The van der Waals surface area contributed by atoms with Crippen LogP contribution < -0.4 is 10.6 Å². The van der Waals surface area contributed by atoms with Gasteiger partial charge in [0, 0.05) is 16.1 Å². The fourth-order valence-electron chi connectivity index (χ4n) is 1.58. The van der Waals surface area contributed by atoms with E-state index < -0.39 is 0 Å². The van der Waals surface area contributed by atoms with Gasteiger partial charge >= 0.3 is 0 Å². The molecule has 1 aromatic rings. The fraction of sp³-hybridized carbons (Fsp3) is 0.417. The van der Waals surface area contributed by atoms with Gasteiger partial charge in [-0.2, -0.15) is 0 Å². The molecule has 1 unspecified atom stereocenters. The van der Waals surface area contributed by atoms with Gasteiger partial charge in [-0.1, -0.05) is 29.3 Å². The van der Waals surface area contributed by atoms with Crippen molar-refractivity contribution in [2.45, 2.75) is 31.8 Å². The van der Waals surface area contributed by atoms with E-state index in [9.17, 15) is 0 Å². The molecule has 1 aromatic carbocycles. The van der Waals surface area contributed by atoms with E-state index in [0.717, 1.165) is 5.56 Å². The maximum absolute atomic E-state index is 6.14. The minimum absolute atomic E-state index is 0.0681. The van der Waals surface area contributed by atoms with Crippen molar-refractivity contribution in [1.29, 1.82) is 0 Å². The first-order valence-corrected chi connectivity index (χ1v) is 6.74. The van der Waals surface area contributed by atoms with E-state index in [0.29, 0.717) is 21.2 Å². The molecule has 0 bridgehead atoms. The lowest BCUT2D eigenvalue weighted by atomic mass is 10.1. The second-order valence-corrected chi connectivity index (χ2v) is 5.53. The van der Waals surface area contributed by atoms with Gasteiger partial charge in [-0.15, -0.1) is 0 Å². The van der Waals surface area contributed by atoms with Gasteiger partial charge in [0.15, 0.2) is 5.11 Å². The van der Waals surface area contributed by atoms with Gasteiger partial charge in [0.25, 0.3) is 0 Å². The molecule has 1 saturated carbocycles. The van der Waals surface area contributed by atoms with Gasteiger partial charge in [-0.3, -0.25) is 0 Å². The van der Waals surface area contributed by atoms with Gasteiger partial charge in [-0.05, 0) is 49.7 Å². The summed E-state index contributed by atoms with van der Waals surface area (Å²) in [5.41, 5.74) is 0.996. The summed E-state index contributed by atoms with van der Waals surface area (Å²) in [6, 6.07) is 6.12. The van der Waals surface area contributed by atoms with Crippen LogP contribution in [0.25, 0.3) is 0 Å². The number of benzene rings is 1. The van der Waals surface area contributed by atoms with Gasteiger partial charge in [0.05, 0.1) is 6.04 Å². The molecule has 0 aliphatic heterocycles. The summed E-state index contributed by atoms with van der Waals surface area (Å²) in [7, 11) is 0. The first-order valence-electron chi connectivity index (χ1n) is 5.58. The minimum atomic E-state index is 0.0681. The SMILES string of the molecule is CC(NC(=S)NC1CC1)c1ccc(Cl)cc1Cl. The van der Waals surface area contributed by atoms with Crippen molar-refractivity contribution < 1.29 is 0 Å². The summed E-state index contributed by atoms with van der Waals surface area (Å²) in [5, 5.41) is 8.45. The third-order valence-electron chi connectivity index (χ3n) is 2.69. The van der Waals surface area contributed by atoms with Crippen LogP contribution in [0.4, 0.5) is 0 Å². The van der Waals surface area contributed by atoms with Crippen LogP contribution in [0, 0.1) is 0 Å². The molecule has 1 atom stereocenters. The van der Waals surface area contributed by atoms with E-state index in [1.807, 2.05) is 19.1 Å². The molecule has 0 heterocycles. The quantitative estimate of drug-likeness (QED) is 0.830. The summed E-state index contributed by atoms with van der Waals surface area (Å²) in [6.45, 7) is 2.02. The highest BCUT2D eigenvalue weighted by atomic mass is 35.5. The van der Waals surface area contributed by atoms with E-state index in [2.05, 4.69) is 10.6 Å². The summed E-state index contributed by atoms with van der Waals surface area (Å²) in [5.74, 6) is 0. The highest BCUT2D eigenvalue weighted by molar-refractivity contribution is 7.80. The van der Waals surface area contributed by atoms with E-state index in [4.69, 9.17) is 35.4 Å². The molecule has 2 nitrogen and oxygen atoms in total. The molecule has 17 heavy (non-hydrogen) atoms. The lowest BCUT2D eigenvalue weighted by molar-refractivity contribution is 0.697. The Morgan fingerprint density at radius 3 is 2.71 bits per heavy atom. The first kappa shape index (κ1) is 12.9. The van der Waals surface area contributed by atoms with Crippen LogP contribution in [0.5, 0.6) is 0 Å². The molecule has 92 valence electrons. The van der Waals surface area contributed by atoms with Crippen LogP contribution in [-0.2, 0) is 0 Å². The molecule has 1 fully saturated rings. The third-order valence-corrected chi connectivity index (χ3v) is 3.49. The van der Waals surface area contributed by atoms with Crippen molar-refractivity contribution in [1.82, 2.24) is 10.6 Å². The normalized spacial score (nSPS) is 16.4. The van der Waals surface area contributed by atoms with Crippen molar-refractivity contribution >= 4 is 40.5 Å². The Morgan fingerprint density at radius 1 is 1.41 bits per heavy atom. The molecular weight excluding hydrogens is 275 g/mol. The van der Waals surface area contributed by atoms with Crippen molar-refractivity contribution in [3.8, 4) is 0 Å². The summed E-state index contributed by atoms with van der Waals surface area (Å²) < 4.78 is 0. The second-order valence-electron chi connectivity index (χ2n) is 4.28. The monoisotopic (exact) mass is 288 g/mol. The average Bonchev–Trinajstić information content (AvgIpc) is 3.00. The zero-order valence-electron chi connectivity index (χ0n) is 9.47. The summed E-state index contributed by atoms with van der Waals surface area (Å²) in [6.07, 6.45) is 2.41. The van der Waals surface area contributed by atoms with E-state index in [-0.39, 0.29) is 6.04 Å². The van der Waals surface area contributed by atoms with Crippen LogP contribution in [0.3, 0.4) is 0 Å². The molecule has 2 rings (SSSR count). The summed E-state index contributed by atoms with van der Waals surface area (Å²) in [4.78, 5) is 0.